The van der Waals surface area contributed by atoms with Crippen molar-refractivity contribution < 1.29 is 19.7 Å². The van der Waals surface area contributed by atoms with Gasteiger partial charge in [0.05, 0.1) is 23.3 Å². The zero-order valence-corrected chi connectivity index (χ0v) is 42.6. The lowest BCUT2D eigenvalue weighted by Gasteiger charge is -2.28. The maximum absolute atomic E-state index is 12.6. The van der Waals surface area contributed by atoms with Crippen molar-refractivity contribution in [2.45, 2.75) is 156 Å². The number of aliphatic imine (C=N–C) groups is 2. The van der Waals surface area contributed by atoms with Crippen molar-refractivity contribution in [3.05, 3.63) is 115 Å². The van der Waals surface area contributed by atoms with Crippen LogP contribution >= 0.6 is 23.5 Å². The molecule has 2 aliphatic heterocycles. The summed E-state index contributed by atoms with van der Waals surface area (Å²) < 4.78 is 14.0. The van der Waals surface area contributed by atoms with Crippen LogP contribution < -0.4 is 9.47 Å². The van der Waals surface area contributed by atoms with Crippen LogP contribution in [0.25, 0.3) is 0 Å². The van der Waals surface area contributed by atoms with Gasteiger partial charge in [0.15, 0.2) is 0 Å². The molecular formula is C56H74N2O4S2. The highest BCUT2D eigenvalue weighted by Gasteiger charge is 2.29. The van der Waals surface area contributed by atoms with Crippen molar-refractivity contribution in [3.63, 3.8) is 0 Å². The van der Waals surface area contributed by atoms with Crippen molar-refractivity contribution in [3.8, 4) is 23.0 Å². The number of fused-ring (bicyclic) bond motifs is 8. The number of thioether (sulfide) groups is 2. The summed E-state index contributed by atoms with van der Waals surface area (Å²) in [7, 11) is 0. The van der Waals surface area contributed by atoms with E-state index in [4.69, 9.17) is 19.5 Å². The summed E-state index contributed by atoms with van der Waals surface area (Å²) in [6.45, 7) is 30.0. The number of hydrogen-bond donors (Lipinski definition) is 2. The fourth-order valence-electron chi connectivity index (χ4n) is 8.87. The number of aromatic hydroxyl groups is 2. The second-order valence-electron chi connectivity index (χ2n) is 22.4. The molecule has 0 radical (unpaired) electrons. The lowest BCUT2D eigenvalue weighted by molar-refractivity contribution is 0.307. The SMILES string of the molecule is CC(C)(C)c1cc2c(O)c(c1)Cc1cc(C(C)(C)C)cc(c1OCCCC1=NCCS1)Cc1cc(C(C)(C)C)cc(c1O)Cc1cc(C(C)(C)C)cc(c1OCCCC1=NCCS1)C2. The van der Waals surface area contributed by atoms with Crippen LogP contribution in [0.5, 0.6) is 23.0 Å². The molecule has 0 fully saturated rings. The summed E-state index contributed by atoms with van der Waals surface area (Å²) in [5, 5.41) is 27.7. The van der Waals surface area contributed by atoms with Crippen molar-refractivity contribution in [2.75, 3.05) is 37.8 Å². The Hall–Kier alpha value is -3.88. The molecule has 4 aromatic rings. The van der Waals surface area contributed by atoms with Gasteiger partial charge in [-0.1, -0.05) is 132 Å². The lowest BCUT2D eigenvalue weighted by atomic mass is 9.79. The van der Waals surface area contributed by atoms with E-state index in [9.17, 15) is 10.2 Å². The standard InChI is InChI=1S/C56H74N2O4S2/c1-53(2,3)43-27-35-23-39-31-45(55(7,8)9)33-41(51(39)61-19-13-15-47-57-17-21-63-47)25-37-29-44(54(4,5)6)30-38(50(37)60)26-42-34-46(56(10,11)12)32-40(24-36(28-43)49(35)59)52(42)62-20-14-16-48-58-18-22-64-48/h27-34,59-60H,13-26H2,1-12H3. The third kappa shape index (κ3) is 11.6. The molecule has 2 heterocycles. The molecule has 1 aliphatic carbocycles. The maximum Gasteiger partial charge on any atom is 0.126 e. The molecule has 344 valence electrons. The molecule has 0 saturated heterocycles. The summed E-state index contributed by atoms with van der Waals surface area (Å²) in [5.74, 6) is 4.47. The van der Waals surface area contributed by atoms with Gasteiger partial charge >= 0.3 is 0 Å². The Kier molecular flexibility index (Phi) is 14.4. The van der Waals surface area contributed by atoms with Crippen LogP contribution in [-0.4, -0.2) is 58.1 Å². The van der Waals surface area contributed by atoms with Crippen molar-refractivity contribution in [1.82, 2.24) is 0 Å². The molecule has 6 nitrogen and oxygen atoms in total. The van der Waals surface area contributed by atoms with Gasteiger partial charge in [-0.25, -0.2) is 0 Å². The molecule has 0 aromatic heterocycles. The van der Waals surface area contributed by atoms with E-state index in [1.807, 2.05) is 23.5 Å². The highest BCUT2D eigenvalue weighted by molar-refractivity contribution is 8.14. The molecule has 0 saturated carbocycles. The molecule has 4 aromatic carbocycles. The zero-order valence-electron chi connectivity index (χ0n) is 40.9. The topological polar surface area (TPSA) is 83.6 Å². The van der Waals surface area contributed by atoms with E-state index >= 15 is 0 Å². The number of phenolic OH excluding ortho intramolecular Hbond substituents is 2. The van der Waals surface area contributed by atoms with Crippen molar-refractivity contribution in [2.24, 2.45) is 9.98 Å². The second kappa shape index (κ2) is 19.1. The average molecular weight is 903 g/mol. The molecule has 7 rings (SSSR count). The summed E-state index contributed by atoms with van der Waals surface area (Å²) in [6.07, 6.45) is 5.52. The Balaban J connectivity index is 1.47. The van der Waals surface area contributed by atoms with Crippen LogP contribution in [0.4, 0.5) is 0 Å². The number of phenols is 2. The first-order valence-electron chi connectivity index (χ1n) is 23.7. The molecule has 64 heavy (non-hydrogen) atoms. The number of rotatable bonds is 10. The predicted octanol–water partition coefficient (Wildman–Crippen LogP) is 13.6. The third-order valence-electron chi connectivity index (χ3n) is 12.9. The van der Waals surface area contributed by atoms with Gasteiger partial charge in [-0.3, -0.25) is 9.98 Å². The van der Waals surface area contributed by atoms with Gasteiger partial charge in [-0.15, -0.1) is 23.5 Å². The molecule has 3 aliphatic rings. The van der Waals surface area contributed by atoms with Crippen molar-refractivity contribution in [1.29, 1.82) is 0 Å². The van der Waals surface area contributed by atoms with Crippen molar-refractivity contribution >= 4 is 33.6 Å². The Morgan fingerprint density at radius 3 is 0.938 bits per heavy atom. The molecule has 0 atom stereocenters. The summed E-state index contributed by atoms with van der Waals surface area (Å²) in [5.41, 5.74) is 11.9. The summed E-state index contributed by atoms with van der Waals surface area (Å²) in [4.78, 5) is 9.41. The van der Waals surface area contributed by atoms with E-state index in [2.05, 4.69) is 132 Å². The zero-order chi connectivity index (χ0) is 46.2. The fraction of sp³-hybridized carbons (Fsp3) is 0.536. The first-order chi connectivity index (χ1) is 30.0. The van der Waals surface area contributed by atoms with Gasteiger partial charge in [0.2, 0.25) is 0 Å². The van der Waals surface area contributed by atoms with Gasteiger partial charge in [-0.05, 0) is 114 Å². The van der Waals surface area contributed by atoms with Gasteiger partial charge in [0.25, 0.3) is 0 Å². The number of nitrogens with zero attached hydrogens (tertiary/aromatic N) is 2. The highest BCUT2D eigenvalue weighted by atomic mass is 32.2. The largest absolute Gasteiger partial charge is 0.507 e. The summed E-state index contributed by atoms with van der Waals surface area (Å²) in [6, 6.07) is 18.1. The first kappa shape index (κ1) is 48.1. The third-order valence-corrected chi connectivity index (χ3v) is 15.0. The number of hydrogen-bond acceptors (Lipinski definition) is 8. The number of ether oxygens (including phenoxy) is 2. The fourth-order valence-corrected chi connectivity index (χ4v) is 10.7. The van der Waals surface area contributed by atoms with Gasteiger partial charge < -0.3 is 19.7 Å². The maximum atomic E-state index is 12.6. The Labute approximate surface area is 393 Å². The van der Waals surface area contributed by atoms with Crippen LogP contribution in [0.15, 0.2) is 58.5 Å². The molecule has 0 spiro atoms. The normalized spacial score (nSPS) is 15.9. The predicted molar refractivity (Wildman–Crippen MR) is 274 cm³/mol. The van der Waals surface area contributed by atoms with Crippen LogP contribution in [0.1, 0.15) is 176 Å². The molecular weight excluding hydrogens is 829 g/mol. The van der Waals surface area contributed by atoms with E-state index in [0.717, 1.165) is 106 Å². The van der Waals surface area contributed by atoms with E-state index < -0.39 is 0 Å². The average Bonchev–Trinajstić information content (AvgIpc) is 3.92. The first-order valence-corrected chi connectivity index (χ1v) is 25.6. The highest BCUT2D eigenvalue weighted by Crippen LogP contribution is 2.44. The summed E-state index contributed by atoms with van der Waals surface area (Å²) >= 11 is 3.72. The Morgan fingerprint density at radius 1 is 0.438 bits per heavy atom. The minimum Gasteiger partial charge on any atom is -0.507 e. The molecule has 8 bridgehead atoms. The van der Waals surface area contributed by atoms with Crippen LogP contribution in [0.2, 0.25) is 0 Å². The smallest absolute Gasteiger partial charge is 0.126 e. The van der Waals surface area contributed by atoms with Gasteiger partial charge in [0.1, 0.15) is 23.0 Å². The minimum absolute atomic E-state index is 0.158. The molecule has 2 N–H and O–H groups in total. The second-order valence-corrected chi connectivity index (χ2v) is 24.7. The minimum atomic E-state index is -0.166. The van der Waals surface area contributed by atoms with Gasteiger partial charge in [0, 0.05) is 50.3 Å². The Bertz CT molecular complexity index is 2150. The quantitative estimate of drug-likeness (QED) is 0.136. The van der Waals surface area contributed by atoms with Crippen LogP contribution in [0, 0.1) is 0 Å². The van der Waals surface area contributed by atoms with Crippen LogP contribution in [-0.2, 0) is 47.3 Å². The lowest BCUT2D eigenvalue weighted by Crippen LogP contribution is -2.17. The van der Waals surface area contributed by atoms with E-state index in [1.54, 1.807) is 0 Å². The van der Waals surface area contributed by atoms with Crippen LogP contribution in [0.3, 0.4) is 0 Å². The molecule has 0 unspecified atom stereocenters. The van der Waals surface area contributed by atoms with E-state index in [1.165, 1.54) is 32.3 Å². The molecule has 0 amide bonds. The van der Waals surface area contributed by atoms with Gasteiger partial charge in [-0.2, -0.15) is 0 Å². The Morgan fingerprint density at radius 2 is 0.703 bits per heavy atom. The molecule has 8 heteroatoms. The monoisotopic (exact) mass is 903 g/mol. The van der Waals surface area contributed by atoms with E-state index in [0.29, 0.717) is 50.4 Å². The number of benzene rings is 4. The van der Waals surface area contributed by atoms with E-state index in [-0.39, 0.29) is 21.7 Å².